The number of hydrogen-bond donors (Lipinski definition) is 3. The van der Waals surface area contributed by atoms with Gasteiger partial charge in [-0.3, -0.25) is 4.79 Å². The number of esters is 1. The van der Waals surface area contributed by atoms with Crippen LogP contribution in [0.2, 0.25) is 0 Å². The maximum Gasteiger partial charge on any atom is 0.343 e. The number of nitrogens with one attached hydrogen (secondary N) is 1. The van der Waals surface area contributed by atoms with Crippen LogP contribution in [0.3, 0.4) is 0 Å². The molecule has 7 heteroatoms. The SMILES string of the molecule is CCOC(=O)C1=C(N)C(C(=O)c2ccccc2)N=C1NN. The van der Waals surface area contributed by atoms with Crippen molar-refractivity contribution in [2.24, 2.45) is 16.6 Å². The summed E-state index contributed by atoms with van der Waals surface area (Å²) in [7, 11) is 0. The summed E-state index contributed by atoms with van der Waals surface area (Å²) in [6, 6.07) is 7.61. The lowest BCUT2D eigenvalue weighted by Crippen LogP contribution is -2.34. The van der Waals surface area contributed by atoms with Gasteiger partial charge in [-0.05, 0) is 6.92 Å². The molecule has 21 heavy (non-hydrogen) atoms. The van der Waals surface area contributed by atoms with E-state index in [2.05, 4.69) is 10.4 Å². The van der Waals surface area contributed by atoms with Crippen LogP contribution < -0.4 is 17.0 Å². The van der Waals surface area contributed by atoms with Crippen LogP contribution in [0.5, 0.6) is 0 Å². The molecule has 1 aliphatic heterocycles. The highest BCUT2D eigenvalue weighted by Crippen LogP contribution is 2.21. The second-order valence-electron chi connectivity index (χ2n) is 4.31. The summed E-state index contributed by atoms with van der Waals surface area (Å²) in [5, 5.41) is 0. The van der Waals surface area contributed by atoms with E-state index in [0.717, 1.165) is 0 Å². The van der Waals surface area contributed by atoms with Gasteiger partial charge in [-0.15, -0.1) is 0 Å². The molecule has 0 fully saturated rings. The first-order chi connectivity index (χ1) is 10.1. The highest BCUT2D eigenvalue weighted by Gasteiger charge is 2.35. The molecule has 0 spiro atoms. The molecule has 0 bridgehead atoms. The summed E-state index contributed by atoms with van der Waals surface area (Å²) < 4.78 is 4.90. The van der Waals surface area contributed by atoms with E-state index < -0.39 is 12.0 Å². The minimum atomic E-state index is -0.974. The van der Waals surface area contributed by atoms with E-state index in [4.69, 9.17) is 16.3 Å². The molecule has 1 aliphatic rings. The number of ketones is 1. The van der Waals surface area contributed by atoms with Gasteiger partial charge in [0.05, 0.1) is 12.3 Å². The molecule has 0 saturated carbocycles. The van der Waals surface area contributed by atoms with E-state index in [1.807, 2.05) is 0 Å². The third-order valence-corrected chi connectivity index (χ3v) is 3.00. The van der Waals surface area contributed by atoms with Gasteiger partial charge < -0.3 is 15.9 Å². The maximum absolute atomic E-state index is 12.4. The Morgan fingerprint density at radius 3 is 2.57 bits per heavy atom. The molecule has 0 aromatic heterocycles. The predicted molar refractivity (Wildman–Crippen MR) is 77.2 cm³/mol. The third kappa shape index (κ3) is 2.77. The molecule has 1 heterocycles. The number of benzene rings is 1. The number of aliphatic imine (C=N–C) groups is 1. The summed E-state index contributed by atoms with van der Waals surface area (Å²) in [4.78, 5) is 28.4. The van der Waals surface area contributed by atoms with Gasteiger partial charge in [0, 0.05) is 5.56 Å². The molecule has 1 aromatic carbocycles. The van der Waals surface area contributed by atoms with Gasteiger partial charge in [0.1, 0.15) is 5.57 Å². The molecular weight excluding hydrogens is 272 g/mol. The van der Waals surface area contributed by atoms with Crippen molar-refractivity contribution in [2.45, 2.75) is 13.0 Å². The summed E-state index contributed by atoms with van der Waals surface area (Å²) in [5.74, 6) is 4.42. The Morgan fingerprint density at radius 1 is 1.33 bits per heavy atom. The number of rotatable bonds is 4. The number of nitrogens with two attached hydrogens (primary N) is 2. The number of hydrazine groups is 1. The standard InChI is InChI=1S/C14H16N4O3/c1-2-21-14(20)9-10(15)11(17-13(9)18-16)12(19)8-6-4-3-5-7-8/h3-7,11H,2,15-16H2,1H3,(H,17,18). The molecular formula is C14H16N4O3. The molecule has 0 amide bonds. The van der Waals surface area contributed by atoms with E-state index >= 15 is 0 Å². The van der Waals surface area contributed by atoms with Crippen LogP contribution in [0.25, 0.3) is 0 Å². The monoisotopic (exact) mass is 288 g/mol. The normalized spacial score (nSPS) is 17.4. The lowest BCUT2D eigenvalue weighted by Gasteiger charge is -2.08. The number of nitrogens with zero attached hydrogens (tertiary/aromatic N) is 1. The van der Waals surface area contributed by atoms with Crippen molar-refractivity contribution in [1.29, 1.82) is 0 Å². The fourth-order valence-corrected chi connectivity index (χ4v) is 2.02. The summed E-state index contributed by atoms with van der Waals surface area (Å²) in [6.45, 7) is 1.85. The number of ether oxygens (including phenoxy) is 1. The second-order valence-corrected chi connectivity index (χ2v) is 4.31. The average Bonchev–Trinajstić information content (AvgIpc) is 2.84. The zero-order valence-corrected chi connectivity index (χ0v) is 11.5. The first-order valence-corrected chi connectivity index (χ1v) is 6.41. The molecule has 1 unspecified atom stereocenters. The Bertz CT molecular complexity index is 622. The molecule has 0 aliphatic carbocycles. The fourth-order valence-electron chi connectivity index (χ4n) is 2.02. The predicted octanol–water partition coefficient (Wildman–Crippen LogP) is -0.111. The minimum Gasteiger partial charge on any atom is -0.462 e. The quantitative estimate of drug-likeness (QED) is 0.308. The molecule has 5 N–H and O–H groups in total. The number of amidine groups is 1. The number of hydrogen-bond acceptors (Lipinski definition) is 7. The molecule has 2 rings (SSSR count). The first kappa shape index (κ1) is 14.7. The maximum atomic E-state index is 12.4. The highest BCUT2D eigenvalue weighted by molar-refractivity contribution is 6.23. The Morgan fingerprint density at radius 2 is 2.00 bits per heavy atom. The fraction of sp³-hybridized carbons (Fsp3) is 0.214. The molecule has 1 atom stereocenters. The van der Waals surface area contributed by atoms with Crippen molar-refractivity contribution in [2.75, 3.05) is 6.61 Å². The van der Waals surface area contributed by atoms with Crippen LogP contribution in [0.4, 0.5) is 0 Å². The largest absolute Gasteiger partial charge is 0.462 e. The lowest BCUT2D eigenvalue weighted by molar-refractivity contribution is -0.137. The molecule has 0 radical (unpaired) electrons. The van der Waals surface area contributed by atoms with Crippen LogP contribution >= 0.6 is 0 Å². The van der Waals surface area contributed by atoms with Crippen LogP contribution in [-0.2, 0) is 9.53 Å². The van der Waals surface area contributed by atoms with Gasteiger partial charge in [-0.2, -0.15) is 0 Å². The van der Waals surface area contributed by atoms with Crippen molar-refractivity contribution in [3.8, 4) is 0 Å². The number of Topliss-reactive ketones (excluding diaryl/α,β-unsaturated/α-hetero) is 1. The minimum absolute atomic E-state index is 0.00799. The summed E-state index contributed by atoms with van der Waals surface area (Å²) in [5.41, 5.74) is 8.69. The van der Waals surface area contributed by atoms with Crippen LogP contribution in [-0.4, -0.2) is 30.2 Å². The van der Waals surface area contributed by atoms with Gasteiger partial charge in [-0.1, -0.05) is 30.3 Å². The topological polar surface area (TPSA) is 120 Å². The van der Waals surface area contributed by atoms with Crippen molar-refractivity contribution >= 4 is 17.6 Å². The van der Waals surface area contributed by atoms with Gasteiger partial charge in [-0.25, -0.2) is 15.6 Å². The van der Waals surface area contributed by atoms with Gasteiger partial charge in [0.15, 0.2) is 17.7 Å². The van der Waals surface area contributed by atoms with Crippen molar-refractivity contribution in [3.63, 3.8) is 0 Å². The van der Waals surface area contributed by atoms with Crippen LogP contribution in [0, 0.1) is 0 Å². The molecule has 7 nitrogen and oxygen atoms in total. The second kappa shape index (κ2) is 6.19. The Kier molecular flexibility index (Phi) is 4.34. The van der Waals surface area contributed by atoms with Gasteiger partial charge >= 0.3 is 5.97 Å². The Balaban J connectivity index is 2.36. The van der Waals surface area contributed by atoms with Crippen molar-refractivity contribution in [1.82, 2.24) is 5.43 Å². The molecule has 110 valence electrons. The van der Waals surface area contributed by atoms with Crippen LogP contribution in [0.1, 0.15) is 17.3 Å². The van der Waals surface area contributed by atoms with E-state index in [0.29, 0.717) is 5.56 Å². The van der Waals surface area contributed by atoms with E-state index in [9.17, 15) is 9.59 Å². The number of carbonyl (C=O) groups excluding carboxylic acids is 2. The first-order valence-electron chi connectivity index (χ1n) is 6.41. The Labute approximate surface area is 121 Å². The van der Waals surface area contributed by atoms with Crippen LogP contribution in [0.15, 0.2) is 46.6 Å². The zero-order valence-electron chi connectivity index (χ0n) is 11.5. The summed E-state index contributed by atoms with van der Waals surface area (Å²) >= 11 is 0. The molecule has 1 aromatic rings. The van der Waals surface area contributed by atoms with Gasteiger partial charge in [0.25, 0.3) is 0 Å². The number of carbonyl (C=O) groups is 2. The van der Waals surface area contributed by atoms with Gasteiger partial charge in [0.2, 0.25) is 0 Å². The van der Waals surface area contributed by atoms with Crippen molar-refractivity contribution in [3.05, 3.63) is 47.2 Å². The Hall–Kier alpha value is -2.67. The lowest BCUT2D eigenvalue weighted by atomic mass is 10.0. The van der Waals surface area contributed by atoms with Crippen molar-refractivity contribution < 1.29 is 14.3 Å². The highest BCUT2D eigenvalue weighted by atomic mass is 16.5. The average molecular weight is 288 g/mol. The molecule has 0 saturated heterocycles. The third-order valence-electron chi connectivity index (χ3n) is 3.00. The van der Waals surface area contributed by atoms with E-state index in [-0.39, 0.29) is 29.5 Å². The summed E-state index contributed by atoms with van der Waals surface area (Å²) in [6.07, 6.45) is 0. The zero-order chi connectivity index (χ0) is 15.4. The van der Waals surface area contributed by atoms with E-state index in [1.165, 1.54) is 0 Å². The van der Waals surface area contributed by atoms with E-state index in [1.54, 1.807) is 37.3 Å². The smallest absolute Gasteiger partial charge is 0.343 e.